The molecule has 2 rings (SSSR count). The lowest BCUT2D eigenvalue weighted by atomic mass is 10.2. The van der Waals surface area contributed by atoms with Crippen molar-refractivity contribution in [1.82, 2.24) is 0 Å². The molecule has 2 nitrogen and oxygen atoms in total. The molecule has 1 aromatic rings. The largest absolute Gasteiger partial charge is 0.367 e. The summed E-state index contributed by atoms with van der Waals surface area (Å²) in [6.07, 6.45) is 0.793. The SMILES string of the molecule is CC1CSCCN1c1ccc(C=O)c(Cl)c1. The number of thioether (sulfide) groups is 1. The van der Waals surface area contributed by atoms with Crippen LogP contribution in [0.2, 0.25) is 5.02 Å². The molecular formula is C12H14ClNOS. The third-order valence-electron chi connectivity index (χ3n) is 2.81. The number of benzene rings is 1. The van der Waals surface area contributed by atoms with Crippen molar-refractivity contribution in [1.29, 1.82) is 0 Å². The van der Waals surface area contributed by atoms with E-state index in [0.29, 0.717) is 16.6 Å². The van der Waals surface area contributed by atoms with Gasteiger partial charge in [0.25, 0.3) is 0 Å². The van der Waals surface area contributed by atoms with Crippen molar-refractivity contribution in [3.63, 3.8) is 0 Å². The number of carbonyl (C=O) groups excluding carboxylic acids is 1. The predicted molar refractivity (Wildman–Crippen MR) is 71.0 cm³/mol. The highest BCUT2D eigenvalue weighted by Crippen LogP contribution is 2.27. The minimum absolute atomic E-state index is 0.525. The smallest absolute Gasteiger partial charge is 0.151 e. The van der Waals surface area contributed by atoms with Crippen LogP contribution in [0.15, 0.2) is 18.2 Å². The molecule has 1 aromatic carbocycles. The van der Waals surface area contributed by atoms with Gasteiger partial charge < -0.3 is 4.90 Å². The first-order chi connectivity index (χ1) is 7.72. The molecule has 0 aliphatic carbocycles. The van der Waals surface area contributed by atoms with Gasteiger partial charge in [0, 0.05) is 35.3 Å². The molecule has 4 heteroatoms. The highest BCUT2D eigenvalue weighted by Gasteiger charge is 2.19. The Balaban J connectivity index is 2.26. The van der Waals surface area contributed by atoms with Crippen LogP contribution in [0.25, 0.3) is 0 Å². The summed E-state index contributed by atoms with van der Waals surface area (Å²) in [6, 6.07) is 6.18. The molecule has 16 heavy (non-hydrogen) atoms. The molecule has 86 valence electrons. The van der Waals surface area contributed by atoms with E-state index in [9.17, 15) is 4.79 Å². The highest BCUT2D eigenvalue weighted by molar-refractivity contribution is 7.99. The van der Waals surface area contributed by atoms with Gasteiger partial charge in [-0.1, -0.05) is 11.6 Å². The normalized spacial score (nSPS) is 20.9. The fraction of sp³-hybridized carbons (Fsp3) is 0.417. The van der Waals surface area contributed by atoms with E-state index in [2.05, 4.69) is 11.8 Å². The molecule has 0 spiro atoms. The summed E-state index contributed by atoms with van der Waals surface area (Å²) in [7, 11) is 0. The van der Waals surface area contributed by atoms with Crippen molar-refractivity contribution in [2.75, 3.05) is 23.0 Å². The van der Waals surface area contributed by atoms with E-state index in [1.807, 2.05) is 23.9 Å². The molecule has 1 heterocycles. The van der Waals surface area contributed by atoms with Gasteiger partial charge in [0.15, 0.2) is 6.29 Å². The van der Waals surface area contributed by atoms with E-state index in [1.54, 1.807) is 6.07 Å². The predicted octanol–water partition coefficient (Wildman–Crippen LogP) is 3.09. The first-order valence-corrected chi connectivity index (χ1v) is 6.85. The first kappa shape index (κ1) is 11.8. The minimum Gasteiger partial charge on any atom is -0.367 e. The van der Waals surface area contributed by atoms with E-state index >= 15 is 0 Å². The lowest BCUT2D eigenvalue weighted by molar-refractivity contribution is 0.112. The molecule has 0 aromatic heterocycles. The van der Waals surface area contributed by atoms with Gasteiger partial charge in [-0.3, -0.25) is 4.79 Å². The lowest BCUT2D eigenvalue weighted by Gasteiger charge is -2.35. The first-order valence-electron chi connectivity index (χ1n) is 5.31. The monoisotopic (exact) mass is 255 g/mol. The van der Waals surface area contributed by atoms with Gasteiger partial charge in [0.2, 0.25) is 0 Å². The number of carbonyl (C=O) groups is 1. The standard InChI is InChI=1S/C12H14ClNOS/c1-9-8-16-5-4-14(9)11-3-2-10(7-15)12(13)6-11/h2-3,6-7,9H,4-5,8H2,1H3. The molecule has 1 saturated heterocycles. The summed E-state index contributed by atoms with van der Waals surface area (Å²) in [6.45, 7) is 3.26. The Morgan fingerprint density at radius 1 is 1.56 bits per heavy atom. The average Bonchev–Trinajstić information content (AvgIpc) is 2.29. The van der Waals surface area contributed by atoms with Crippen LogP contribution in [0.3, 0.4) is 0 Å². The Morgan fingerprint density at radius 3 is 3.00 bits per heavy atom. The summed E-state index contributed by atoms with van der Waals surface area (Å²) in [5.41, 5.74) is 1.67. The maximum atomic E-state index is 10.7. The van der Waals surface area contributed by atoms with Crippen molar-refractivity contribution in [2.24, 2.45) is 0 Å². The third-order valence-corrected chi connectivity index (χ3v) is 4.33. The van der Waals surface area contributed by atoms with Crippen molar-refractivity contribution >= 4 is 35.3 Å². The molecule has 1 atom stereocenters. The summed E-state index contributed by atoms with van der Waals surface area (Å²) in [5, 5.41) is 0.540. The third kappa shape index (κ3) is 2.36. The van der Waals surface area contributed by atoms with Crippen LogP contribution in [-0.4, -0.2) is 30.4 Å². The maximum Gasteiger partial charge on any atom is 0.151 e. The van der Waals surface area contributed by atoms with Gasteiger partial charge >= 0.3 is 0 Å². The van der Waals surface area contributed by atoms with Crippen LogP contribution in [0, 0.1) is 0 Å². The lowest BCUT2D eigenvalue weighted by Crippen LogP contribution is -2.40. The molecule has 1 fully saturated rings. The Kier molecular flexibility index (Phi) is 3.77. The van der Waals surface area contributed by atoms with Crippen LogP contribution in [-0.2, 0) is 0 Å². The summed E-state index contributed by atoms with van der Waals surface area (Å²) >= 11 is 8.02. The molecule has 0 bridgehead atoms. The van der Waals surface area contributed by atoms with E-state index in [4.69, 9.17) is 11.6 Å². The zero-order chi connectivity index (χ0) is 11.5. The Labute approximate surface area is 105 Å². The van der Waals surface area contributed by atoms with Crippen molar-refractivity contribution in [3.8, 4) is 0 Å². The van der Waals surface area contributed by atoms with Gasteiger partial charge in [-0.25, -0.2) is 0 Å². The Morgan fingerprint density at radius 2 is 2.38 bits per heavy atom. The fourth-order valence-corrected chi connectivity index (χ4v) is 3.13. The van der Waals surface area contributed by atoms with Gasteiger partial charge in [0.05, 0.1) is 5.02 Å². The Bertz CT molecular complexity index is 397. The van der Waals surface area contributed by atoms with Crippen LogP contribution < -0.4 is 4.90 Å². The molecule has 1 aliphatic heterocycles. The number of nitrogens with zero attached hydrogens (tertiary/aromatic N) is 1. The molecule has 0 amide bonds. The molecular weight excluding hydrogens is 242 g/mol. The maximum absolute atomic E-state index is 10.7. The molecule has 0 saturated carbocycles. The van der Waals surface area contributed by atoms with Crippen molar-refractivity contribution in [3.05, 3.63) is 28.8 Å². The molecule has 0 radical (unpaired) electrons. The van der Waals surface area contributed by atoms with Gasteiger partial charge in [-0.05, 0) is 25.1 Å². The zero-order valence-electron chi connectivity index (χ0n) is 9.15. The number of rotatable bonds is 2. The second-order valence-electron chi connectivity index (χ2n) is 3.94. The zero-order valence-corrected chi connectivity index (χ0v) is 10.7. The van der Waals surface area contributed by atoms with E-state index in [-0.39, 0.29) is 0 Å². The average molecular weight is 256 g/mol. The number of aldehydes is 1. The van der Waals surface area contributed by atoms with Crippen LogP contribution in [0.5, 0.6) is 0 Å². The van der Waals surface area contributed by atoms with Crippen LogP contribution >= 0.6 is 23.4 Å². The van der Waals surface area contributed by atoms with E-state index < -0.39 is 0 Å². The minimum atomic E-state index is 0.525. The number of hydrogen-bond acceptors (Lipinski definition) is 3. The molecule has 1 unspecified atom stereocenters. The summed E-state index contributed by atoms with van der Waals surface area (Å²) in [5.74, 6) is 2.30. The van der Waals surface area contributed by atoms with Gasteiger partial charge in [0.1, 0.15) is 0 Å². The fourth-order valence-electron chi connectivity index (χ4n) is 1.90. The van der Waals surface area contributed by atoms with E-state index in [1.165, 1.54) is 0 Å². The van der Waals surface area contributed by atoms with Crippen molar-refractivity contribution < 1.29 is 4.79 Å². The van der Waals surface area contributed by atoms with Gasteiger partial charge in [-0.2, -0.15) is 11.8 Å². The second-order valence-corrected chi connectivity index (χ2v) is 5.50. The van der Waals surface area contributed by atoms with Crippen molar-refractivity contribution in [2.45, 2.75) is 13.0 Å². The Hall–Kier alpha value is -0.670. The summed E-state index contributed by atoms with van der Waals surface area (Å²) in [4.78, 5) is 13.0. The second kappa shape index (κ2) is 5.11. The topological polar surface area (TPSA) is 20.3 Å². The van der Waals surface area contributed by atoms with Crippen LogP contribution in [0.4, 0.5) is 5.69 Å². The highest BCUT2D eigenvalue weighted by atomic mass is 35.5. The van der Waals surface area contributed by atoms with Crippen LogP contribution in [0.1, 0.15) is 17.3 Å². The van der Waals surface area contributed by atoms with E-state index in [0.717, 1.165) is 30.0 Å². The molecule has 0 N–H and O–H groups in total. The quantitative estimate of drug-likeness (QED) is 0.758. The number of halogens is 1. The number of anilines is 1. The summed E-state index contributed by atoms with van der Waals surface area (Å²) < 4.78 is 0. The number of hydrogen-bond donors (Lipinski definition) is 0. The van der Waals surface area contributed by atoms with Gasteiger partial charge in [-0.15, -0.1) is 0 Å². The molecule has 1 aliphatic rings.